The normalized spacial score (nSPS) is 12.0. The first-order chi connectivity index (χ1) is 10.0. The summed E-state index contributed by atoms with van der Waals surface area (Å²) in [7, 11) is 1.31. The van der Waals surface area contributed by atoms with Crippen LogP contribution in [0.15, 0.2) is 16.5 Å². The summed E-state index contributed by atoms with van der Waals surface area (Å²) >= 11 is 0. The first kappa shape index (κ1) is 17.2. The van der Waals surface area contributed by atoms with Crippen molar-refractivity contribution in [3.05, 3.63) is 23.7 Å². The van der Waals surface area contributed by atoms with Crippen molar-refractivity contribution in [3.8, 4) is 0 Å². The smallest absolute Gasteiger partial charge is 0.373 e. The van der Waals surface area contributed by atoms with Crippen LogP contribution in [0.25, 0.3) is 0 Å². The first-order valence-corrected chi connectivity index (χ1v) is 7.22. The van der Waals surface area contributed by atoms with Crippen LogP contribution in [-0.2, 0) is 9.53 Å². The van der Waals surface area contributed by atoms with Crippen molar-refractivity contribution in [2.24, 2.45) is 0 Å². The van der Waals surface area contributed by atoms with E-state index in [2.05, 4.69) is 10.1 Å². The maximum absolute atomic E-state index is 11.9. The van der Waals surface area contributed by atoms with Gasteiger partial charge >= 0.3 is 5.97 Å². The lowest BCUT2D eigenvalue weighted by atomic mass is 10.2. The van der Waals surface area contributed by atoms with Crippen molar-refractivity contribution in [1.82, 2.24) is 10.2 Å². The van der Waals surface area contributed by atoms with Crippen molar-refractivity contribution in [1.29, 1.82) is 0 Å². The Bertz CT molecular complexity index is 466. The van der Waals surface area contributed by atoms with E-state index in [0.29, 0.717) is 18.7 Å². The Morgan fingerprint density at radius 2 is 2.00 bits per heavy atom. The minimum Gasteiger partial charge on any atom is -0.463 e. The molecule has 1 unspecified atom stereocenters. The Morgan fingerprint density at radius 3 is 2.57 bits per heavy atom. The largest absolute Gasteiger partial charge is 0.463 e. The molecule has 1 rings (SSSR count). The summed E-state index contributed by atoms with van der Waals surface area (Å²) in [6.07, 6.45) is 0.441. The highest BCUT2D eigenvalue weighted by Gasteiger charge is 2.15. The molecule has 0 aliphatic heterocycles. The first-order valence-electron chi connectivity index (χ1n) is 7.22. The Labute approximate surface area is 125 Å². The van der Waals surface area contributed by atoms with Crippen LogP contribution in [0.1, 0.15) is 49.5 Å². The third kappa shape index (κ3) is 4.90. The van der Waals surface area contributed by atoms with E-state index in [-0.39, 0.29) is 17.7 Å². The van der Waals surface area contributed by atoms with Crippen molar-refractivity contribution in [2.75, 3.05) is 26.7 Å². The topological polar surface area (TPSA) is 71.8 Å². The highest BCUT2D eigenvalue weighted by Crippen LogP contribution is 2.16. The number of rotatable bonds is 8. The van der Waals surface area contributed by atoms with E-state index in [1.165, 1.54) is 7.11 Å². The van der Waals surface area contributed by atoms with E-state index in [1.807, 2.05) is 20.8 Å². The number of carbonyl (C=O) groups is 2. The molecule has 0 saturated heterocycles. The molecule has 1 aromatic rings. The van der Waals surface area contributed by atoms with Crippen LogP contribution in [0.3, 0.4) is 0 Å². The van der Waals surface area contributed by atoms with Crippen LogP contribution in [0.4, 0.5) is 0 Å². The lowest BCUT2D eigenvalue weighted by Gasteiger charge is -2.19. The Hall–Kier alpha value is -1.82. The number of furan rings is 1. The Kier molecular flexibility index (Phi) is 6.94. The predicted octanol–water partition coefficient (Wildman–Crippen LogP) is 1.98. The lowest BCUT2D eigenvalue weighted by Crippen LogP contribution is -2.33. The summed E-state index contributed by atoms with van der Waals surface area (Å²) in [6.45, 7) is 7.87. The lowest BCUT2D eigenvalue weighted by molar-refractivity contribution is -0.130. The molecule has 0 saturated carbocycles. The van der Waals surface area contributed by atoms with Crippen molar-refractivity contribution in [2.45, 2.75) is 33.2 Å². The van der Waals surface area contributed by atoms with Crippen LogP contribution < -0.4 is 5.32 Å². The number of hydrogen-bond donors (Lipinski definition) is 1. The molecule has 1 atom stereocenters. The second kappa shape index (κ2) is 8.46. The molecule has 1 N–H and O–H groups in total. The molecule has 118 valence electrons. The van der Waals surface area contributed by atoms with Crippen LogP contribution in [0, 0.1) is 0 Å². The van der Waals surface area contributed by atoms with Gasteiger partial charge in [-0.15, -0.1) is 0 Å². The molecule has 6 nitrogen and oxygen atoms in total. The molecule has 0 bridgehead atoms. The van der Waals surface area contributed by atoms with Crippen LogP contribution in [0.2, 0.25) is 0 Å². The summed E-state index contributed by atoms with van der Waals surface area (Å²) < 4.78 is 10.0. The van der Waals surface area contributed by atoms with Crippen LogP contribution in [0.5, 0.6) is 0 Å². The number of hydrogen-bond acceptors (Lipinski definition) is 5. The molecule has 21 heavy (non-hydrogen) atoms. The minimum atomic E-state index is -0.495. The van der Waals surface area contributed by atoms with E-state index >= 15 is 0 Å². The zero-order chi connectivity index (χ0) is 15.8. The second-order valence-corrected chi connectivity index (χ2v) is 4.69. The number of carbonyl (C=O) groups excluding carboxylic acids is 2. The van der Waals surface area contributed by atoms with Gasteiger partial charge in [0.25, 0.3) is 0 Å². The highest BCUT2D eigenvalue weighted by molar-refractivity contribution is 5.86. The van der Waals surface area contributed by atoms with E-state index in [9.17, 15) is 9.59 Å². The zero-order valence-corrected chi connectivity index (χ0v) is 13.1. The maximum atomic E-state index is 11.9. The SMILES string of the molecule is CCN(CC)C(=O)CCNC(C)c1ccc(C(=O)OC)o1. The van der Waals surface area contributed by atoms with Crippen molar-refractivity contribution >= 4 is 11.9 Å². The van der Waals surface area contributed by atoms with Crippen molar-refractivity contribution < 1.29 is 18.7 Å². The van der Waals surface area contributed by atoms with E-state index in [0.717, 1.165) is 13.1 Å². The van der Waals surface area contributed by atoms with Gasteiger partial charge in [-0.3, -0.25) is 4.79 Å². The molecular weight excluding hydrogens is 272 g/mol. The van der Waals surface area contributed by atoms with Gasteiger partial charge in [0.1, 0.15) is 5.76 Å². The van der Waals surface area contributed by atoms with Crippen LogP contribution in [-0.4, -0.2) is 43.5 Å². The average Bonchev–Trinajstić information content (AvgIpc) is 2.97. The highest BCUT2D eigenvalue weighted by atomic mass is 16.5. The molecule has 6 heteroatoms. The molecule has 0 aliphatic carbocycles. The maximum Gasteiger partial charge on any atom is 0.373 e. The van der Waals surface area contributed by atoms with E-state index in [1.54, 1.807) is 17.0 Å². The molecule has 1 aromatic heterocycles. The Balaban J connectivity index is 2.43. The molecule has 0 spiro atoms. The number of nitrogens with one attached hydrogen (secondary N) is 1. The average molecular weight is 296 g/mol. The monoisotopic (exact) mass is 296 g/mol. The van der Waals surface area contributed by atoms with E-state index in [4.69, 9.17) is 4.42 Å². The third-order valence-electron chi connectivity index (χ3n) is 3.35. The Morgan fingerprint density at radius 1 is 1.33 bits per heavy atom. The van der Waals surface area contributed by atoms with Crippen LogP contribution >= 0.6 is 0 Å². The second-order valence-electron chi connectivity index (χ2n) is 4.69. The molecule has 1 heterocycles. The molecule has 0 aromatic carbocycles. The molecule has 1 amide bonds. The van der Waals surface area contributed by atoms with Gasteiger partial charge in [0.2, 0.25) is 11.7 Å². The van der Waals surface area contributed by atoms with Gasteiger partial charge in [0.05, 0.1) is 13.2 Å². The van der Waals surface area contributed by atoms with Gasteiger partial charge in [0.15, 0.2) is 0 Å². The quantitative estimate of drug-likeness (QED) is 0.743. The van der Waals surface area contributed by atoms with E-state index < -0.39 is 5.97 Å². The van der Waals surface area contributed by atoms with Gasteiger partial charge in [-0.05, 0) is 32.9 Å². The van der Waals surface area contributed by atoms with Crippen molar-refractivity contribution in [3.63, 3.8) is 0 Å². The van der Waals surface area contributed by atoms with Gasteiger partial charge in [-0.25, -0.2) is 4.79 Å². The van der Waals surface area contributed by atoms with Gasteiger partial charge in [0, 0.05) is 26.1 Å². The summed E-state index contributed by atoms with van der Waals surface area (Å²) in [5.41, 5.74) is 0. The van der Waals surface area contributed by atoms with Gasteiger partial charge in [-0.1, -0.05) is 0 Å². The fourth-order valence-electron chi connectivity index (χ4n) is 2.03. The predicted molar refractivity (Wildman–Crippen MR) is 79.0 cm³/mol. The summed E-state index contributed by atoms with van der Waals surface area (Å²) in [5.74, 6) is 0.464. The number of methoxy groups -OCH3 is 1. The third-order valence-corrected chi connectivity index (χ3v) is 3.35. The fraction of sp³-hybridized carbons (Fsp3) is 0.600. The standard InChI is InChI=1S/C15H24N2O4/c1-5-17(6-2)14(18)9-10-16-11(3)12-7-8-13(21-12)15(19)20-4/h7-8,11,16H,5-6,9-10H2,1-4H3. The number of amides is 1. The molecule has 0 radical (unpaired) electrons. The number of ether oxygens (including phenoxy) is 1. The summed E-state index contributed by atoms with van der Waals surface area (Å²) in [6, 6.07) is 3.24. The molecular formula is C15H24N2O4. The summed E-state index contributed by atoms with van der Waals surface area (Å²) in [5, 5.41) is 3.21. The minimum absolute atomic E-state index is 0.0760. The molecule has 0 aliphatic rings. The number of esters is 1. The number of nitrogens with zero attached hydrogens (tertiary/aromatic N) is 1. The summed E-state index contributed by atoms with van der Waals surface area (Å²) in [4.78, 5) is 25.0. The van der Waals surface area contributed by atoms with Gasteiger partial charge in [-0.2, -0.15) is 0 Å². The molecule has 0 fully saturated rings. The zero-order valence-electron chi connectivity index (χ0n) is 13.1. The van der Waals surface area contributed by atoms with Gasteiger partial charge < -0.3 is 19.4 Å². The fourth-order valence-corrected chi connectivity index (χ4v) is 2.03.